The molecule has 1 amide bonds. The molecule has 0 bridgehead atoms. The van der Waals surface area contributed by atoms with Crippen LogP contribution in [0.3, 0.4) is 0 Å². The van der Waals surface area contributed by atoms with Gasteiger partial charge in [-0.05, 0) is 23.3 Å². The lowest BCUT2D eigenvalue weighted by molar-refractivity contribution is -0.121. The van der Waals surface area contributed by atoms with Crippen LogP contribution in [0.2, 0.25) is 0 Å². The summed E-state index contributed by atoms with van der Waals surface area (Å²) in [6.45, 7) is 2.77. The molecule has 8 heteroatoms. The van der Waals surface area contributed by atoms with Gasteiger partial charge in [0.25, 0.3) is 0 Å². The van der Waals surface area contributed by atoms with E-state index in [0.717, 1.165) is 11.1 Å². The van der Waals surface area contributed by atoms with Crippen molar-refractivity contribution in [2.75, 3.05) is 24.6 Å². The first kappa shape index (κ1) is 19.7. The molecule has 1 fully saturated rings. The number of anilines is 1. The molecule has 1 unspecified atom stereocenters. The molecule has 1 aromatic carbocycles. The van der Waals surface area contributed by atoms with E-state index in [4.69, 9.17) is 5.26 Å². The summed E-state index contributed by atoms with van der Waals surface area (Å²) in [4.78, 5) is 14.2. The maximum atomic E-state index is 12.4. The summed E-state index contributed by atoms with van der Waals surface area (Å²) in [7, 11) is 0. The van der Waals surface area contributed by atoms with Gasteiger partial charge in [0.2, 0.25) is 5.91 Å². The van der Waals surface area contributed by atoms with Gasteiger partial charge >= 0.3 is 0 Å². The highest BCUT2D eigenvalue weighted by atomic mass is 16.3. The Balaban J connectivity index is 1.55. The van der Waals surface area contributed by atoms with Gasteiger partial charge in [0.1, 0.15) is 6.07 Å². The van der Waals surface area contributed by atoms with Gasteiger partial charge in [0, 0.05) is 25.6 Å². The van der Waals surface area contributed by atoms with Crippen molar-refractivity contribution in [3.8, 4) is 6.07 Å². The van der Waals surface area contributed by atoms with E-state index in [1.807, 2.05) is 42.2 Å². The fourth-order valence-electron chi connectivity index (χ4n) is 3.18. The van der Waals surface area contributed by atoms with Crippen LogP contribution >= 0.6 is 0 Å². The number of hydrogen-bond donors (Lipinski definition) is 3. The second-order valence-corrected chi connectivity index (χ2v) is 7.04. The van der Waals surface area contributed by atoms with Crippen LogP contribution in [0.15, 0.2) is 36.4 Å². The summed E-state index contributed by atoms with van der Waals surface area (Å²) < 4.78 is 0. The molecule has 0 spiro atoms. The van der Waals surface area contributed by atoms with E-state index in [2.05, 4.69) is 15.5 Å². The second-order valence-electron chi connectivity index (χ2n) is 7.04. The van der Waals surface area contributed by atoms with Crippen molar-refractivity contribution in [3.63, 3.8) is 0 Å². The number of amides is 1. The number of nitrogens with zero attached hydrogens (tertiary/aromatic N) is 4. The summed E-state index contributed by atoms with van der Waals surface area (Å²) in [6, 6.07) is 12.4. The average Bonchev–Trinajstić information content (AvgIpc) is 3.08. The molecule has 3 rings (SSSR count). The first-order valence-corrected chi connectivity index (χ1v) is 9.16. The molecule has 146 valence electrons. The quantitative estimate of drug-likeness (QED) is 0.660. The van der Waals surface area contributed by atoms with Crippen LogP contribution in [0.1, 0.15) is 29.7 Å². The van der Waals surface area contributed by atoms with E-state index in [0.29, 0.717) is 18.9 Å². The van der Waals surface area contributed by atoms with Crippen molar-refractivity contribution in [2.45, 2.75) is 31.4 Å². The summed E-state index contributed by atoms with van der Waals surface area (Å²) in [5.74, 6) is 0.455. The normalized spacial score (nSPS) is 19.9. The number of β-amino-alcohol motifs (C(OH)–C–C–N with tert-alkyl or cyclic N) is 1. The number of aliphatic hydroxyl groups excluding tert-OH is 2. The average molecular weight is 381 g/mol. The SMILES string of the molecule is CC(CO)c1ccc(CC(=O)N[C@H]2CN(c3ccc(C#N)nn3)C[C@H]2O)cc1. The molecule has 1 aliphatic heterocycles. The lowest BCUT2D eigenvalue weighted by atomic mass is 10.00. The molecule has 8 nitrogen and oxygen atoms in total. The zero-order valence-corrected chi connectivity index (χ0v) is 15.6. The van der Waals surface area contributed by atoms with Gasteiger partial charge in [-0.2, -0.15) is 5.26 Å². The lowest BCUT2D eigenvalue weighted by Gasteiger charge is -2.17. The van der Waals surface area contributed by atoms with Gasteiger partial charge in [0.05, 0.1) is 18.6 Å². The zero-order valence-electron chi connectivity index (χ0n) is 15.6. The zero-order chi connectivity index (χ0) is 20.1. The van der Waals surface area contributed by atoms with Crippen molar-refractivity contribution >= 4 is 11.7 Å². The predicted octanol–water partition coefficient (Wildman–Crippen LogP) is 0.352. The molecule has 3 atom stereocenters. The fraction of sp³-hybridized carbons (Fsp3) is 0.400. The monoisotopic (exact) mass is 381 g/mol. The molecule has 28 heavy (non-hydrogen) atoms. The van der Waals surface area contributed by atoms with Crippen molar-refractivity contribution in [2.24, 2.45) is 0 Å². The minimum Gasteiger partial charge on any atom is -0.396 e. The molecule has 1 aliphatic rings. The second kappa shape index (κ2) is 8.78. The molecular weight excluding hydrogens is 358 g/mol. The summed E-state index contributed by atoms with van der Waals surface area (Å²) in [5.41, 5.74) is 2.12. The van der Waals surface area contributed by atoms with E-state index in [1.54, 1.807) is 12.1 Å². The molecule has 2 heterocycles. The topological polar surface area (TPSA) is 122 Å². The van der Waals surface area contributed by atoms with Crippen LogP contribution in [-0.4, -0.2) is 58.2 Å². The number of aliphatic hydroxyl groups is 2. The van der Waals surface area contributed by atoms with Crippen LogP contribution in [0.5, 0.6) is 0 Å². The van der Waals surface area contributed by atoms with Crippen LogP contribution < -0.4 is 10.2 Å². The molecular formula is C20H23N5O3. The number of nitriles is 1. The Morgan fingerprint density at radius 1 is 1.29 bits per heavy atom. The van der Waals surface area contributed by atoms with E-state index in [1.165, 1.54) is 0 Å². The van der Waals surface area contributed by atoms with Gasteiger partial charge < -0.3 is 20.4 Å². The Bertz CT molecular complexity index is 848. The highest BCUT2D eigenvalue weighted by Gasteiger charge is 2.33. The lowest BCUT2D eigenvalue weighted by Crippen LogP contribution is -2.43. The van der Waals surface area contributed by atoms with Crippen LogP contribution in [0.4, 0.5) is 5.82 Å². The molecule has 3 N–H and O–H groups in total. The number of nitrogens with one attached hydrogen (secondary N) is 1. The summed E-state index contributed by atoms with van der Waals surface area (Å²) in [5, 5.41) is 38.9. The van der Waals surface area contributed by atoms with Crippen molar-refractivity contribution in [1.29, 1.82) is 5.26 Å². The number of carbonyl (C=O) groups excluding carboxylic acids is 1. The maximum absolute atomic E-state index is 12.4. The number of benzene rings is 1. The highest BCUT2D eigenvalue weighted by molar-refractivity contribution is 5.79. The maximum Gasteiger partial charge on any atom is 0.224 e. The van der Waals surface area contributed by atoms with Crippen molar-refractivity contribution in [3.05, 3.63) is 53.2 Å². The third-order valence-electron chi connectivity index (χ3n) is 4.91. The summed E-state index contributed by atoms with van der Waals surface area (Å²) >= 11 is 0. The summed E-state index contributed by atoms with van der Waals surface area (Å²) in [6.07, 6.45) is -0.498. The third-order valence-corrected chi connectivity index (χ3v) is 4.91. The van der Waals surface area contributed by atoms with E-state index in [9.17, 15) is 15.0 Å². The van der Waals surface area contributed by atoms with Crippen molar-refractivity contribution < 1.29 is 15.0 Å². The molecule has 2 aromatic rings. The molecule has 0 aliphatic carbocycles. The van der Waals surface area contributed by atoms with Crippen molar-refractivity contribution in [1.82, 2.24) is 15.5 Å². The minimum atomic E-state index is -0.714. The molecule has 1 aromatic heterocycles. The Labute approximate surface area is 163 Å². The van der Waals surface area contributed by atoms with Gasteiger partial charge in [-0.1, -0.05) is 31.2 Å². The van der Waals surface area contributed by atoms with Gasteiger partial charge in [-0.3, -0.25) is 4.79 Å². The Kier molecular flexibility index (Phi) is 6.19. The standard InChI is InChI=1S/C20H23N5O3/c1-13(12-26)15-4-2-14(3-5-15)8-20(28)22-17-10-25(11-18(17)27)19-7-6-16(9-21)23-24-19/h2-7,13,17-18,26-27H,8,10-12H2,1H3,(H,22,28)/t13?,17-,18+/m0/s1. The van der Waals surface area contributed by atoms with E-state index >= 15 is 0 Å². The number of aromatic nitrogens is 2. The van der Waals surface area contributed by atoms with E-state index < -0.39 is 12.1 Å². The van der Waals surface area contributed by atoms with Crippen LogP contribution in [-0.2, 0) is 11.2 Å². The molecule has 0 saturated carbocycles. The molecule has 1 saturated heterocycles. The number of hydrogen-bond acceptors (Lipinski definition) is 7. The number of rotatable bonds is 6. The smallest absolute Gasteiger partial charge is 0.224 e. The fourth-order valence-corrected chi connectivity index (χ4v) is 3.18. The first-order valence-electron chi connectivity index (χ1n) is 9.16. The van der Waals surface area contributed by atoms with E-state index in [-0.39, 0.29) is 30.5 Å². The van der Waals surface area contributed by atoms with Gasteiger partial charge in [-0.25, -0.2) is 0 Å². The Morgan fingerprint density at radius 2 is 2.04 bits per heavy atom. The Morgan fingerprint density at radius 3 is 2.64 bits per heavy atom. The minimum absolute atomic E-state index is 0.0628. The predicted molar refractivity (Wildman–Crippen MR) is 103 cm³/mol. The molecule has 0 radical (unpaired) electrons. The van der Waals surface area contributed by atoms with Gasteiger partial charge in [-0.15, -0.1) is 10.2 Å². The highest BCUT2D eigenvalue weighted by Crippen LogP contribution is 2.19. The third kappa shape index (κ3) is 4.63. The number of carbonyl (C=O) groups is 1. The first-order chi connectivity index (χ1) is 13.5. The van der Waals surface area contributed by atoms with Crippen LogP contribution in [0, 0.1) is 11.3 Å². The Hall–Kier alpha value is -3.02. The largest absolute Gasteiger partial charge is 0.396 e. The van der Waals surface area contributed by atoms with Crippen LogP contribution in [0.25, 0.3) is 0 Å². The van der Waals surface area contributed by atoms with Gasteiger partial charge in [0.15, 0.2) is 11.5 Å².